The molecule has 170 valence electrons. The van der Waals surface area contributed by atoms with Gasteiger partial charge in [0, 0.05) is 6.20 Å². The Morgan fingerprint density at radius 2 is 1.85 bits per heavy atom. The Morgan fingerprint density at radius 1 is 1.18 bits per heavy atom. The maximum Gasteiger partial charge on any atom is 0.335 e. The fourth-order valence-electron chi connectivity index (χ4n) is 3.51. The van der Waals surface area contributed by atoms with Crippen molar-refractivity contribution >= 4 is 29.3 Å². The van der Waals surface area contributed by atoms with E-state index in [1.165, 1.54) is 30.5 Å². The molecular weight excluding hydrogens is 449 g/mol. The van der Waals surface area contributed by atoms with Crippen molar-refractivity contribution in [2.24, 2.45) is 0 Å². The van der Waals surface area contributed by atoms with Gasteiger partial charge in [0.15, 0.2) is 0 Å². The summed E-state index contributed by atoms with van der Waals surface area (Å²) in [5.74, 6) is -0.623. The first-order chi connectivity index (χ1) is 15.8. The number of pyridine rings is 1. The van der Waals surface area contributed by atoms with Gasteiger partial charge in [-0.05, 0) is 55.0 Å². The van der Waals surface area contributed by atoms with Crippen molar-refractivity contribution in [1.82, 2.24) is 10.3 Å². The van der Waals surface area contributed by atoms with Crippen LogP contribution < -0.4 is 15.0 Å². The van der Waals surface area contributed by atoms with E-state index in [0.29, 0.717) is 35.2 Å². The second-order valence-corrected chi connectivity index (χ2v) is 8.18. The number of hydrogen-bond acceptors (Lipinski definition) is 5. The van der Waals surface area contributed by atoms with E-state index >= 15 is 0 Å². The minimum Gasteiger partial charge on any atom is -0.487 e. The molecule has 0 aliphatic carbocycles. The van der Waals surface area contributed by atoms with Crippen LogP contribution in [0.3, 0.4) is 0 Å². The van der Waals surface area contributed by atoms with Crippen LogP contribution in [0.4, 0.5) is 10.2 Å². The van der Waals surface area contributed by atoms with E-state index in [2.05, 4.69) is 10.3 Å². The molecule has 0 radical (unpaired) electrons. The molecule has 0 saturated carbocycles. The van der Waals surface area contributed by atoms with Gasteiger partial charge in [0.05, 0.1) is 35.3 Å². The second-order valence-electron chi connectivity index (χ2n) is 7.75. The number of nitrogens with zero attached hydrogens (tertiary/aromatic N) is 2. The average molecular weight is 470 g/mol. The summed E-state index contributed by atoms with van der Waals surface area (Å²) in [5.41, 5.74) is 1.27. The lowest BCUT2D eigenvalue weighted by molar-refractivity contribution is 0.0696. The lowest BCUT2D eigenvalue weighted by Crippen LogP contribution is -2.54. The largest absolute Gasteiger partial charge is 0.487 e. The summed E-state index contributed by atoms with van der Waals surface area (Å²) in [6.07, 6.45) is 1.37. The number of aromatic nitrogens is 1. The van der Waals surface area contributed by atoms with E-state index in [1.807, 2.05) is 11.8 Å². The normalized spacial score (nSPS) is 14.3. The zero-order valence-electron chi connectivity index (χ0n) is 17.7. The van der Waals surface area contributed by atoms with Crippen molar-refractivity contribution in [2.75, 3.05) is 18.0 Å². The Labute approximate surface area is 194 Å². The number of nitrogens with one attached hydrogen (secondary N) is 1. The quantitative estimate of drug-likeness (QED) is 0.535. The van der Waals surface area contributed by atoms with Gasteiger partial charge in [0.1, 0.15) is 23.5 Å². The molecule has 1 aliphatic heterocycles. The highest BCUT2D eigenvalue weighted by molar-refractivity contribution is 6.31. The Kier molecular flexibility index (Phi) is 6.46. The molecular formula is C24H21ClFN3O4. The molecule has 1 saturated heterocycles. The summed E-state index contributed by atoms with van der Waals surface area (Å²) in [6, 6.07) is 13.3. The van der Waals surface area contributed by atoms with Crippen LogP contribution in [0.2, 0.25) is 5.02 Å². The van der Waals surface area contributed by atoms with Crippen LogP contribution in [0.25, 0.3) is 0 Å². The fraction of sp³-hybridized carbons (Fsp3) is 0.208. The number of carbonyl (C=O) groups excluding carboxylic acids is 1. The van der Waals surface area contributed by atoms with Gasteiger partial charge in [-0.3, -0.25) is 4.79 Å². The number of carbonyl (C=O) groups is 2. The van der Waals surface area contributed by atoms with E-state index in [1.54, 1.807) is 30.3 Å². The second kappa shape index (κ2) is 9.46. The smallest absolute Gasteiger partial charge is 0.335 e. The molecule has 1 aromatic heterocycles. The monoisotopic (exact) mass is 469 g/mol. The van der Waals surface area contributed by atoms with Crippen molar-refractivity contribution < 1.29 is 23.8 Å². The number of rotatable bonds is 7. The van der Waals surface area contributed by atoms with Gasteiger partial charge in [0.25, 0.3) is 5.91 Å². The number of ether oxygens (including phenoxy) is 1. The Morgan fingerprint density at radius 3 is 2.48 bits per heavy atom. The molecule has 3 aromatic rings. The standard InChI is InChI=1S/C24H21ClFN3O4/c1-14(15-2-4-16(5-3-15)24(31)32)28-23(30)21-10-17(25)11-27-22(21)29-12-20(13-29)33-19-8-6-18(26)7-9-19/h2-11,14,20H,12-13H2,1H3,(H,28,30)(H,31,32)/t14-/m0/s1. The van der Waals surface area contributed by atoms with Crippen molar-refractivity contribution in [3.8, 4) is 5.75 Å². The summed E-state index contributed by atoms with van der Waals surface area (Å²) in [4.78, 5) is 30.3. The molecule has 33 heavy (non-hydrogen) atoms. The van der Waals surface area contributed by atoms with Crippen LogP contribution in [-0.4, -0.2) is 41.2 Å². The third-order valence-electron chi connectivity index (χ3n) is 5.35. The van der Waals surface area contributed by atoms with Gasteiger partial charge in [-0.1, -0.05) is 23.7 Å². The lowest BCUT2D eigenvalue weighted by atomic mass is 10.1. The minimum absolute atomic E-state index is 0.115. The maximum atomic E-state index is 13.1. The molecule has 1 amide bonds. The molecule has 1 aliphatic rings. The number of hydrogen-bond donors (Lipinski definition) is 2. The van der Waals surface area contributed by atoms with Crippen molar-refractivity contribution in [3.05, 3.63) is 88.3 Å². The highest BCUT2D eigenvalue weighted by Gasteiger charge is 2.32. The Hall–Kier alpha value is -3.65. The molecule has 7 nitrogen and oxygen atoms in total. The molecule has 0 bridgehead atoms. The molecule has 9 heteroatoms. The number of aromatic carboxylic acids is 1. The van der Waals surface area contributed by atoms with Crippen molar-refractivity contribution in [2.45, 2.75) is 19.1 Å². The molecule has 2 N–H and O–H groups in total. The number of halogens is 2. The summed E-state index contributed by atoms with van der Waals surface area (Å²) < 4.78 is 18.9. The van der Waals surface area contributed by atoms with E-state index in [-0.39, 0.29) is 29.4 Å². The van der Waals surface area contributed by atoms with Crippen LogP contribution in [-0.2, 0) is 0 Å². The molecule has 0 spiro atoms. The van der Waals surface area contributed by atoms with Crippen molar-refractivity contribution in [3.63, 3.8) is 0 Å². The summed E-state index contributed by atoms with van der Waals surface area (Å²) >= 11 is 6.10. The fourth-order valence-corrected chi connectivity index (χ4v) is 3.67. The van der Waals surface area contributed by atoms with Crippen LogP contribution >= 0.6 is 11.6 Å². The lowest BCUT2D eigenvalue weighted by Gasteiger charge is -2.40. The van der Waals surface area contributed by atoms with Gasteiger partial charge >= 0.3 is 5.97 Å². The van der Waals surface area contributed by atoms with Gasteiger partial charge in [-0.2, -0.15) is 0 Å². The van der Waals surface area contributed by atoms with Gasteiger partial charge in [-0.25, -0.2) is 14.2 Å². The van der Waals surface area contributed by atoms with E-state index in [9.17, 15) is 14.0 Å². The van der Waals surface area contributed by atoms with E-state index < -0.39 is 5.97 Å². The first kappa shape index (κ1) is 22.5. The summed E-state index contributed by atoms with van der Waals surface area (Å²) in [5, 5.41) is 12.3. The third kappa shape index (κ3) is 5.23. The Balaban J connectivity index is 1.43. The first-order valence-electron chi connectivity index (χ1n) is 10.3. The van der Waals surface area contributed by atoms with Crippen molar-refractivity contribution in [1.29, 1.82) is 0 Å². The summed E-state index contributed by atoms with van der Waals surface area (Å²) in [6.45, 7) is 2.83. The van der Waals surface area contributed by atoms with Crippen LogP contribution in [0.1, 0.15) is 39.2 Å². The van der Waals surface area contributed by atoms with Crippen LogP contribution in [0.5, 0.6) is 5.75 Å². The summed E-state index contributed by atoms with van der Waals surface area (Å²) in [7, 11) is 0. The van der Waals surface area contributed by atoms with Gasteiger partial charge in [0.2, 0.25) is 0 Å². The molecule has 1 atom stereocenters. The number of carboxylic acid groups (broad SMARTS) is 1. The number of carboxylic acids is 1. The highest BCUT2D eigenvalue weighted by atomic mass is 35.5. The molecule has 4 rings (SSSR count). The van der Waals surface area contributed by atoms with Gasteiger partial charge < -0.3 is 20.1 Å². The average Bonchev–Trinajstić information content (AvgIpc) is 2.77. The van der Waals surface area contributed by atoms with Crippen LogP contribution in [0, 0.1) is 5.82 Å². The molecule has 2 heterocycles. The third-order valence-corrected chi connectivity index (χ3v) is 5.55. The van der Waals surface area contributed by atoms with Crippen LogP contribution in [0.15, 0.2) is 60.8 Å². The predicted molar refractivity (Wildman–Crippen MR) is 122 cm³/mol. The number of benzene rings is 2. The maximum absolute atomic E-state index is 13.1. The minimum atomic E-state index is -1.01. The van der Waals surface area contributed by atoms with E-state index in [4.69, 9.17) is 21.4 Å². The number of amides is 1. The molecule has 2 aromatic carbocycles. The number of anilines is 1. The molecule has 1 fully saturated rings. The zero-order chi connectivity index (χ0) is 23.5. The topological polar surface area (TPSA) is 91.8 Å². The van der Waals surface area contributed by atoms with Gasteiger partial charge in [-0.15, -0.1) is 0 Å². The SMILES string of the molecule is C[C@H](NC(=O)c1cc(Cl)cnc1N1CC(Oc2ccc(F)cc2)C1)c1ccc(C(=O)O)cc1. The highest BCUT2D eigenvalue weighted by Crippen LogP contribution is 2.28. The zero-order valence-corrected chi connectivity index (χ0v) is 18.4. The van der Waals surface area contributed by atoms with E-state index in [0.717, 1.165) is 5.56 Å². The predicted octanol–water partition coefficient (Wildman–Crippen LogP) is 4.33. The Bertz CT molecular complexity index is 1170. The first-order valence-corrected chi connectivity index (χ1v) is 10.6. The molecule has 0 unspecified atom stereocenters.